The highest BCUT2D eigenvalue weighted by Gasteiger charge is 2.23. The van der Waals surface area contributed by atoms with E-state index in [0.29, 0.717) is 12.5 Å². The van der Waals surface area contributed by atoms with E-state index < -0.39 is 11.3 Å². The molecule has 1 heterocycles. The number of aromatic nitrogens is 1. The third kappa shape index (κ3) is 7.32. The highest BCUT2D eigenvalue weighted by atomic mass is 16.5. The zero-order valence-corrected chi connectivity index (χ0v) is 20.1. The van der Waals surface area contributed by atoms with Crippen molar-refractivity contribution in [2.24, 2.45) is 11.3 Å². The number of rotatable bonds is 10. The summed E-state index contributed by atoms with van der Waals surface area (Å²) in [5.41, 5.74) is 5.59. The lowest BCUT2D eigenvalue weighted by Gasteiger charge is -2.20. The van der Waals surface area contributed by atoms with Gasteiger partial charge < -0.3 is 9.72 Å². The van der Waals surface area contributed by atoms with E-state index in [1.54, 1.807) is 11.6 Å². The number of ether oxygens (including phenoxy) is 1. The largest absolute Gasteiger partial charge is 0.465 e. The number of carbonyl (C=O) groups excluding carboxylic acids is 2. The third-order valence-corrected chi connectivity index (χ3v) is 5.91. The summed E-state index contributed by atoms with van der Waals surface area (Å²) in [6, 6.07) is 16.3. The number of hydrogen-bond acceptors (Lipinski definition) is 4. The van der Waals surface area contributed by atoms with E-state index in [-0.39, 0.29) is 5.97 Å². The Labute approximate surface area is 201 Å². The molecule has 1 atom stereocenters. The topological polar surface area (TPSA) is 91.4 Å². The molecule has 0 aliphatic heterocycles. The van der Waals surface area contributed by atoms with Crippen LogP contribution in [0.25, 0.3) is 17.0 Å². The van der Waals surface area contributed by atoms with Crippen LogP contribution in [0.3, 0.4) is 0 Å². The molecule has 180 valence electrons. The maximum atomic E-state index is 12.2. The van der Waals surface area contributed by atoms with Crippen LogP contribution >= 0.6 is 0 Å². The number of hydrogen-bond donors (Lipinski definition) is 3. The Hall–Kier alpha value is -3.38. The molecule has 0 bridgehead atoms. The fourth-order valence-corrected chi connectivity index (χ4v) is 3.89. The summed E-state index contributed by atoms with van der Waals surface area (Å²) < 4.78 is 5.55. The lowest BCUT2D eigenvalue weighted by molar-refractivity contribution is -0.153. The van der Waals surface area contributed by atoms with E-state index in [1.807, 2.05) is 39.0 Å². The van der Waals surface area contributed by atoms with Crippen molar-refractivity contribution in [1.29, 1.82) is 0 Å². The molecule has 0 radical (unpaired) electrons. The van der Waals surface area contributed by atoms with Crippen molar-refractivity contribution in [3.63, 3.8) is 0 Å². The molecule has 2 aromatic carbocycles. The molecule has 0 spiro atoms. The van der Waals surface area contributed by atoms with Gasteiger partial charge >= 0.3 is 5.97 Å². The molecule has 1 amide bonds. The summed E-state index contributed by atoms with van der Waals surface area (Å²) in [7, 11) is 0. The SMILES string of the molecule is CC(C)(C)C(=O)OCCC(CCc1c[nH]c2ccccc12)Cc1ccc(/C=C/C(=O)NO)cc1. The number of amides is 1. The van der Waals surface area contributed by atoms with Gasteiger partial charge in [0.1, 0.15) is 0 Å². The van der Waals surface area contributed by atoms with Gasteiger partial charge in [0.15, 0.2) is 0 Å². The van der Waals surface area contributed by atoms with Gasteiger partial charge in [-0.05, 0) is 81.2 Å². The van der Waals surface area contributed by atoms with Gasteiger partial charge in [-0.15, -0.1) is 0 Å². The van der Waals surface area contributed by atoms with E-state index in [2.05, 4.69) is 41.5 Å². The summed E-state index contributed by atoms with van der Waals surface area (Å²) in [4.78, 5) is 26.7. The Morgan fingerprint density at radius 3 is 2.53 bits per heavy atom. The fourth-order valence-electron chi connectivity index (χ4n) is 3.89. The molecule has 0 aliphatic rings. The second-order valence-corrected chi connectivity index (χ2v) is 9.69. The van der Waals surface area contributed by atoms with Crippen molar-refractivity contribution in [2.75, 3.05) is 6.61 Å². The predicted octanol–water partition coefficient (Wildman–Crippen LogP) is 5.46. The van der Waals surface area contributed by atoms with Gasteiger partial charge in [-0.1, -0.05) is 42.5 Å². The first-order valence-corrected chi connectivity index (χ1v) is 11.7. The molecular formula is C28H34N2O4. The van der Waals surface area contributed by atoms with Gasteiger partial charge in [-0.3, -0.25) is 14.8 Å². The highest BCUT2D eigenvalue weighted by Crippen LogP contribution is 2.24. The van der Waals surface area contributed by atoms with Crippen molar-refractivity contribution in [3.05, 3.63) is 77.5 Å². The molecule has 0 saturated carbocycles. The van der Waals surface area contributed by atoms with E-state index in [0.717, 1.165) is 36.8 Å². The minimum atomic E-state index is -0.564. The number of benzene rings is 2. The standard InChI is InChI=1S/C28H34N2O4/c1-28(2,3)27(32)34-17-16-22(12-14-23-19-29-25-7-5-4-6-24(23)25)18-21-10-8-20(9-11-21)13-15-26(31)30-33/h4-11,13,15,19,22,29,33H,12,14,16-18H2,1-3H3,(H,30,31)/b15-13+. The summed E-state index contributed by atoms with van der Waals surface area (Å²) in [5.74, 6) is -0.389. The average Bonchev–Trinajstić information content (AvgIpc) is 3.24. The molecule has 34 heavy (non-hydrogen) atoms. The normalized spacial score (nSPS) is 12.7. The lowest BCUT2D eigenvalue weighted by atomic mass is 9.90. The van der Waals surface area contributed by atoms with Crippen LogP contribution in [0.1, 0.15) is 50.3 Å². The van der Waals surface area contributed by atoms with Crippen molar-refractivity contribution in [1.82, 2.24) is 10.5 Å². The number of H-pyrrole nitrogens is 1. The third-order valence-electron chi connectivity index (χ3n) is 5.91. The summed E-state index contributed by atoms with van der Waals surface area (Å²) in [6.45, 7) is 6.00. The van der Waals surface area contributed by atoms with Crippen LogP contribution in [0, 0.1) is 11.3 Å². The number of hydroxylamine groups is 1. The Bertz CT molecular complexity index is 1120. The number of nitrogens with one attached hydrogen (secondary N) is 2. The molecule has 1 unspecified atom stereocenters. The average molecular weight is 463 g/mol. The van der Waals surface area contributed by atoms with E-state index in [9.17, 15) is 9.59 Å². The van der Waals surface area contributed by atoms with Gasteiger partial charge in [0.25, 0.3) is 5.91 Å². The molecule has 3 aromatic rings. The first kappa shape index (κ1) is 25.2. The van der Waals surface area contributed by atoms with Gasteiger partial charge in [-0.2, -0.15) is 0 Å². The zero-order chi connectivity index (χ0) is 24.6. The second-order valence-electron chi connectivity index (χ2n) is 9.69. The first-order chi connectivity index (χ1) is 16.3. The van der Waals surface area contributed by atoms with Crippen LogP contribution in [0.15, 0.2) is 60.8 Å². The van der Waals surface area contributed by atoms with Gasteiger partial charge in [0, 0.05) is 23.2 Å². The smallest absolute Gasteiger partial charge is 0.311 e. The van der Waals surface area contributed by atoms with Crippen LogP contribution in [-0.4, -0.2) is 28.7 Å². The van der Waals surface area contributed by atoms with E-state index in [4.69, 9.17) is 9.94 Å². The Morgan fingerprint density at radius 1 is 1.09 bits per heavy atom. The number of fused-ring (bicyclic) bond motifs is 1. The molecule has 6 nitrogen and oxygen atoms in total. The maximum absolute atomic E-state index is 12.2. The van der Waals surface area contributed by atoms with Crippen LogP contribution in [0.2, 0.25) is 0 Å². The van der Waals surface area contributed by atoms with Crippen molar-refractivity contribution in [2.45, 2.75) is 46.5 Å². The fraction of sp³-hybridized carbons (Fsp3) is 0.357. The molecular weight excluding hydrogens is 428 g/mol. The zero-order valence-electron chi connectivity index (χ0n) is 20.1. The molecule has 0 aliphatic carbocycles. The summed E-state index contributed by atoms with van der Waals surface area (Å²) >= 11 is 0. The number of esters is 1. The summed E-state index contributed by atoms with van der Waals surface area (Å²) in [6.07, 6.45) is 8.61. The van der Waals surface area contributed by atoms with E-state index >= 15 is 0 Å². The van der Waals surface area contributed by atoms with Gasteiger partial charge in [0.05, 0.1) is 12.0 Å². The first-order valence-electron chi connectivity index (χ1n) is 11.7. The molecule has 3 N–H and O–H groups in total. The molecule has 1 aromatic heterocycles. The van der Waals surface area contributed by atoms with Crippen LogP contribution in [0.4, 0.5) is 0 Å². The summed E-state index contributed by atoms with van der Waals surface area (Å²) in [5, 5.41) is 9.85. The number of aromatic amines is 1. The molecule has 3 rings (SSSR count). The Kier molecular flexibility index (Phi) is 8.66. The quantitative estimate of drug-likeness (QED) is 0.162. The van der Waals surface area contributed by atoms with Crippen LogP contribution in [0.5, 0.6) is 0 Å². The number of aryl methyl sites for hydroxylation is 1. The second kappa shape index (κ2) is 11.7. The number of carbonyl (C=O) groups is 2. The highest BCUT2D eigenvalue weighted by molar-refractivity contribution is 5.90. The minimum Gasteiger partial charge on any atom is -0.465 e. The Balaban J connectivity index is 1.66. The van der Waals surface area contributed by atoms with Crippen molar-refractivity contribution < 1.29 is 19.5 Å². The predicted molar refractivity (Wildman–Crippen MR) is 134 cm³/mol. The van der Waals surface area contributed by atoms with Gasteiger partial charge in [-0.25, -0.2) is 5.48 Å². The van der Waals surface area contributed by atoms with Crippen molar-refractivity contribution in [3.8, 4) is 0 Å². The molecule has 0 fully saturated rings. The monoisotopic (exact) mass is 462 g/mol. The van der Waals surface area contributed by atoms with Gasteiger partial charge in [0.2, 0.25) is 0 Å². The van der Waals surface area contributed by atoms with E-state index in [1.165, 1.54) is 22.6 Å². The Morgan fingerprint density at radius 2 is 1.82 bits per heavy atom. The van der Waals surface area contributed by atoms with Crippen molar-refractivity contribution >= 4 is 28.9 Å². The lowest BCUT2D eigenvalue weighted by Crippen LogP contribution is -2.24. The molecule has 6 heteroatoms. The van der Waals surface area contributed by atoms with Crippen LogP contribution in [-0.2, 0) is 27.2 Å². The maximum Gasteiger partial charge on any atom is 0.311 e. The van der Waals surface area contributed by atoms with Crippen LogP contribution < -0.4 is 5.48 Å². The molecule has 0 saturated heterocycles. The number of para-hydroxylation sites is 1. The minimum absolute atomic E-state index is 0.175.